The van der Waals surface area contributed by atoms with Crippen molar-refractivity contribution in [2.24, 2.45) is 5.41 Å². The van der Waals surface area contributed by atoms with Gasteiger partial charge in [0.05, 0.1) is 6.10 Å². The monoisotopic (exact) mass is 247 g/mol. The molecule has 2 heteroatoms. The zero-order chi connectivity index (χ0) is 13.1. The highest BCUT2D eigenvalue weighted by Crippen LogP contribution is 2.36. The van der Waals surface area contributed by atoms with Gasteiger partial charge in [-0.15, -0.1) is 0 Å². The van der Waals surface area contributed by atoms with Crippen molar-refractivity contribution >= 4 is 15.1 Å². The molecule has 0 aliphatic carbocycles. The predicted octanol–water partition coefficient (Wildman–Crippen LogP) is 4.68. The highest BCUT2D eigenvalue weighted by molar-refractivity contribution is 6.48. The van der Waals surface area contributed by atoms with Gasteiger partial charge >= 0.3 is 0 Å². The van der Waals surface area contributed by atoms with Gasteiger partial charge < -0.3 is 4.43 Å². The molecule has 1 aromatic carbocycles. The number of hydrogen-bond acceptors (Lipinski definition) is 1. The number of hydrogen-bond donors (Lipinski definition) is 0. The SMILES string of the molecule is C=Cc1cccc(C(O[Si](C)C)C(C)(C)C)c1. The lowest BCUT2D eigenvalue weighted by atomic mass is 9.84. The minimum atomic E-state index is -0.708. The minimum absolute atomic E-state index is 0.113. The summed E-state index contributed by atoms with van der Waals surface area (Å²) < 4.78 is 6.17. The molecule has 0 saturated carbocycles. The Morgan fingerprint density at radius 1 is 1.29 bits per heavy atom. The lowest BCUT2D eigenvalue weighted by molar-refractivity contribution is 0.0866. The summed E-state index contributed by atoms with van der Waals surface area (Å²) in [5.74, 6) is 0. The number of rotatable bonds is 4. The molecule has 0 spiro atoms. The van der Waals surface area contributed by atoms with Crippen molar-refractivity contribution in [3.63, 3.8) is 0 Å². The van der Waals surface area contributed by atoms with Crippen molar-refractivity contribution in [1.82, 2.24) is 0 Å². The first-order valence-electron chi connectivity index (χ1n) is 6.04. The fraction of sp³-hybridized carbons (Fsp3) is 0.467. The summed E-state index contributed by atoms with van der Waals surface area (Å²) in [5, 5.41) is 0. The van der Waals surface area contributed by atoms with E-state index in [9.17, 15) is 0 Å². The lowest BCUT2D eigenvalue weighted by Gasteiger charge is -2.33. The molecule has 0 aliphatic heterocycles. The maximum atomic E-state index is 6.17. The Hall–Kier alpha value is -0.863. The fourth-order valence-electron chi connectivity index (χ4n) is 1.83. The first kappa shape index (κ1) is 14.2. The lowest BCUT2D eigenvalue weighted by Crippen LogP contribution is -2.25. The van der Waals surface area contributed by atoms with Crippen LogP contribution in [0.4, 0.5) is 0 Å². The Balaban J connectivity index is 3.08. The standard InChI is InChI=1S/C15H23OSi/c1-7-12-9-8-10-13(11-12)14(15(2,3)4)16-17(5)6/h7-11,14H,1H2,2-6H3. The van der Waals surface area contributed by atoms with E-state index in [0.717, 1.165) is 5.56 Å². The van der Waals surface area contributed by atoms with E-state index in [1.165, 1.54) is 5.56 Å². The molecule has 1 radical (unpaired) electrons. The van der Waals surface area contributed by atoms with E-state index in [2.05, 4.69) is 64.7 Å². The summed E-state index contributed by atoms with van der Waals surface area (Å²) in [6.45, 7) is 14.9. The molecule has 0 N–H and O–H groups in total. The Labute approximate surface area is 107 Å². The fourth-order valence-corrected chi connectivity index (χ4v) is 2.79. The molecule has 1 atom stereocenters. The molecule has 17 heavy (non-hydrogen) atoms. The van der Waals surface area contributed by atoms with Crippen molar-refractivity contribution < 1.29 is 4.43 Å². The summed E-state index contributed by atoms with van der Waals surface area (Å²) in [4.78, 5) is 0. The first-order chi connectivity index (χ1) is 7.84. The third-order valence-corrected chi connectivity index (χ3v) is 3.30. The maximum absolute atomic E-state index is 6.17. The number of benzene rings is 1. The van der Waals surface area contributed by atoms with E-state index in [4.69, 9.17) is 4.43 Å². The van der Waals surface area contributed by atoms with Gasteiger partial charge in [-0.1, -0.05) is 51.6 Å². The minimum Gasteiger partial charge on any atom is -0.410 e. The highest BCUT2D eigenvalue weighted by Gasteiger charge is 2.28. The van der Waals surface area contributed by atoms with E-state index >= 15 is 0 Å². The zero-order valence-corrected chi connectivity index (χ0v) is 12.6. The van der Waals surface area contributed by atoms with Crippen LogP contribution < -0.4 is 0 Å². The molecule has 0 bridgehead atoms. The Bertz CT molecular complexity index is 377. The molecule has 0 saturated heterocycles. The van der Waals surface area contributed by atoms with Crippen molar-refractivity contribution in [1.29, 1.82) is 0 Å². The van der Waals surface area contributed by atoms with Gasteiger partial charge in [-0.25, -0.2) is 0 Å². The quantitative estimate of drug-likeness (QED) is 0.702. The van der Waals surface area contributed by atoms with Crippen LogP contribution in [-0.2, 0) is 4.43 Å². The molecular weight excluding hydrogens is 224 g/mol. The second-order valence-corrected chi connectivity index (χ2v) is 7.70. The van der Waals surface area contributed by atoms with Crippen molar-refractivity contribution in [3.8, 4) is 0 Å². The normalized spacial score (nSPS) is 13.8. The predicted molar refractivity (Wildman–Crippen MR) is 77.3 cm³/mol. The van der Waals surface area contributed by atoms with Gasteiger partial charge in [0.2, 0.25) is 9.04 Å². The van der Waals surface area contributed by atoms with Crippen molar-refractivity contribution in [2.45, 2.75) is 40.0 Å². The van der Waals surface area contributed by atoms with E-state index < -0.39 is 9.04 Å². The van der Waals surface area contributed by atoms with Crippen LogP contribution in [0.25, 0.3) is 6.08 Å². The van der Waals surface area contributed by atoms with E-state index in [-0.39, 0.29) is 11.5 Å². The summed E-state index contributed by atoms with van der Waals surface area (Å²) in [7, 11) is -0.708. The molecule has 0 amide bonds. The van der Waals surface area contributed by atoms with Crippen molar-refractivity contribution in [2.75, 3.05) is 0 Å². The van der Waals surface area contributed by atoms with Gasteiger partial charge in [0.1, 0.15) is 0 Å². The molecule has 93 valence electrons. The van der Waals surface area contributed by atoms with E-state index in [1.54, 1.807) is 0 Å². The molecule has 1 rings (SSSR count). The molecular formula is C15H23OSi. The molecule has 1 unspecified atom stereocenters. The molecule has 0 fully saturated rings. The first-order valence-corrected chi connectivity index (χ1v) is 8.44. The van der Waals surface area contributed by atoms with Crippen LogP contribution >= 0.6 is 0 Å². The Kier molecular flexibility index (Phi) is 4.72. The molecule has 0 aromatic heterocycles. The van der Waals surface area contributed by atoms with Gasteiger partial charge in [0.15, 0.2) is 0 Å². The average Bonchev–Trinajstić information content (AvgIpc) is 2.24. The second kappa shape index (κ2) is 5.65. The van der Waals surface area contributed by atoms with Crippen LogP contribution in [0.2, 0.25) is 13.1 Å². The maximum Gasteiger partial charge on any atom is 0.205 e. The van der Waals surface area contributed by atoms with Crippen LogP contribution in [0.1, 0.15) is 38.0 Å². The van der Waals surface area contributed by atoms with Crippen LogP contribution in [0.5, 0.6) is 0 Å². The van der Waals surface area contributed by atoms with Crippen LogP contribution in [0.15, 0.2) is 30.8 Å². The van der Waals surface area contributed by atoms with E-state index in [1.807, 2.05) is 6.08 Å². The summed E-state index contributed by atoms with van der Waals surface area (Å²) in [6, 6.07) is 8.47. The average molecular weight is 247 g/mol. The van der Waals surface area contributed by atoms with Gasteiger partial charge in [0.25, 0.3) is 0 Å². The summed E-state index contributed by atoms with van der Waals surface area (Å²) >= 11 is 0. The van der Waals surface area contributed by atoms with Crippen LogP contribution in [0.3, 0.4) is 0 Å². The van der Waals surface area contributed by atoms with Gasteiger partial charge in [-0.2, -0.15) is 0 Å². The van der Waals surface area contributed by atoms with Gasteiger partial charge in [0, 0.05) is 0 Å². The second-order valence-electron chi connectivity index (χ2n) is 5.65. The molecule has 1 aromatic rings. The largest absolute Gasteiger partial charge is 0.410 e. The third-order valence-electron chi connectivity index (χ3n) is 2.59. The molecule has 0 aliphatic rings. The van der Waals surface area contributed by atoms with Gasteiger partial charge in [-0.05, 0) is 35.7 Å². The summed E-state index contributed by atoms with van der Waals surface area (Å²) in [6.07, 6.45) is 2.04. The topological polar surface area (TPSA) is 9.23 Å². The smallest absolute Gasteiger partial charge is 0.205 e. The van der Waals surface area contributed by atoms with Gasteiger partial charge in [-0.3, -0.25) is 0 Å². The Morgan fingerprint density at radius 2 is 1.94 bits per heavy atom. The molecule has 1 nitrogen and oxygen atoms in total. The third kappa shape index (κ3) is 4.13. The van der Waals surface area contributed by atoms with Crippen molar-refractivity contribution in [3.05, 3.63) is 42.0 Å². The van der Waals surface area contributed by atoms with E-state index in [0.29, 0.717) is 0 Å². The highest BCUT2D eigenvalue weighted by atomic mass is 28.3. The summed E-state index contributed by atoms with van der Waals surface area (Å²) in [5.41, 5.74) is 2.52. The Morgan fingerprint density at radius 3 is 2.41 bits per heavy atom. The molecule has 0 heterocycles. The van der Waals surface area contributed by atoms with Crippen LogP contribution in [-0.4, -0.2) is 9.04 Å². The van der Waals surface area contributed by atoms with Crippen LogP contribution in [0, 0.1) is 5.41 Å². The zero-order valence-electron chi connectivity index (χ0n) is 11.6.